The average Bonchev–Trinajstić information content (AvgIpc) is 2.49. The van der Waals surface area contributed by atoms with E-state index in [9.17, 15) is 0 Å². The van der Waals surface area contributed by atoms with Crippen LogP contribution in [0.2, 0.25) is 0 Å². The first kappa shape index (κ1) is 13.0. The fourth-order valence-corrected chi connectivity index (χ4v) is 4.72. The Labute approximate surface area is 113 Å². The van der Waals surface area contributed by atoms with Crippen molar-refractivity contribution in [3.8, 4) is 0 Å². The van der Waals surface area contributed by atoms with Crippen molar-refractivity contribution >= 4 is 0 Å². The molecule has 0 bridgehead atoms. The molecule has 3 fully saturated rings. The fourth-order valence-electron chi connectivity index (χ4n) is 4.72. The molecular weight excluding hydrogens is 220 g/mol. The number of hydrogen-bond donors (Lipinski definition) is 0. The zero-order valence-electron chi connectivity index (χ0n) is 11.9. The smallest absolute Gasteiger partial charge is 0.0606 e. The minimum Gasteiger partial charge on any atom is -0.378 e. The monoisotopic (exact) mass is 250 g/mol. The lowest BCUT2D eigenvalue weighted by atomic mass is 9.72. The van der Waals surface area contributed by atoms with Crippen LogP contribution in [0, 0.1) is 17.8 Å². The second-order valence-corrected chi connectivity index (χ2v) is 6.99. The Hall–Kier alpha value is -0.0400. The second-order valence-electron chi connectivity index (χ2n) is 6.99. The normalized spacial score (nSPS) is 36.7. The Bertz CT molecular complexity index is 214. The van der Waals surface area contributed by atoms with E-state index in [1.807, 2.05) is 0 Å². The standard InChI is InChI=1S/C17H30O/c1-3-7-14(8-4-1)16-11-12-18-17(13-16)15-9-5-2-6-10-15/h14-17H,1-13H2. The maximum absolute atomic E-state index is 6.14. The van der Waals surface area contributed by atoms with Crippen molar-refractivity contribution in [2.24, 2.45) is 17.8 Å². The molecule has 1 heterocycles. The van der Waals surface area contributed by atoms with Gasteiger partial charge in [0.2, 0.25) is 0 Å². The maximum atomic E-state index is 6.14. The summed E-state index contributed by atoms with van der Waals surface area (Å²) < 4.78 is 6.14. The van der Waals surface area contributed by atoms with E-state index in [-0.39, 0.29) is 0 Å². The van der Waals surface area contributed by atoms with E-state index in [1.54, 1.807) is 0 Å². The third-order valence-electron chi connectivity index (χ3n) is 5.85. The molecule has 0 radical (unpaired) electrons. The molecule has 1 heteroatoms. The summed E-state index contributed by atoms with van der Waals surface area (Å²) in [7, 11) is 0. The third-order valence-corrected chi connectivity index (χ3v) is 5.85. The van der Waals surface area contributed by atoms with E-state index in [0.717, 1.165) is 24.4 Å². The van der Waals surface area contributed by atoms with Gasteiger partial charge in [0.25, 0.3) is 0 Å². The van der Waals surface area contributed by atoms with Crippen LogP contribution in [-0.4, -0.2) is 12.7 Å². The molecule has 1 nitrogen and oxygen atoms in total. The Morgan fingerprint density at radius 3 is 1.83 bits per heavy atom. The molecule has 18 heavy (non-hydrogen) atoms. The van der Waals surface area contributed by atoms with Crippen LogP contribution >= 0.6 is 0 Å². The summed E-state index contributed by atoms with van der Waals surface area (Å²) in [5, 5.41) is 0. The largest absolute Gasteiger partial charge is 0.378 e. The molecule has 1 saturated heterocycles. The fraction of sp³-hybridized carbons (Fsp3) is 1.00. The van der Waals surface area contributed by atoms with Gasteiger partial charge in [-0.25, -0.2) is 0 Å². The molecule has 3 aliphatic rings. The zero-order valence-corrected chi connectivity index (χ0v) is 11.9. The molecule has 0 N–H and O–H groups in total. The van der Waals surface area contributed by atoms with Crippen molar-refractivity contribution in [2.45, 2.75) is 83.2 Å². The van der Waals surface area contributed by atoms with E-state index in [1.165, 1.54) is 77.0 Å². The first-order valence-corrected chi connectivity index (χ1v) is 8.55. The van der Waals surface area contributed by atoms with E-state index < -0.39 is 0 Å². The van der Waals surface area contributed by atoms with Gasteiger partial charge in [-0.1, -0.05) is 51.4 Å². The molecular formula is C17H30O. The maximum Gasteiger partial charge on any atom is 0.0606 e. The molecule has 104 valence electrons. The van der Waals surface area contributed by atoms with Crippen LogP contribution in [0.25, 0.3) is 0 Å². The van der Waals surface area contributed by atoms with E-state index in [2.05, 4.69) is 0 Å². The van der Waals surface area contributed by atoms with Crippen molar-refractivity contribution in [3.63, 3.8) is 0 Å². The van der Waals surface area contributed by atoms with Gasteiger partial charge in [-0.05, 0) is 43.4 Å². The number of ether oxygens (including phenoxy) is 1. The lowest BCUT2D eigenvalue weighted by Crippen LogP contribution is -2.36. The number of rotatable bonds is 2. The van der Waals surface area contributed by atoms with E-state index in [0.29, 0.717) is 6.10 Å². The summed E-state index contributed by atoms with van der Waals surface area (Å²) in [6, 6.07) is 0. The lowest BCUT2D eigenvalue weighted by molar-refractivity contribution is -0.0636. The van der Waals surface area contributed by atoms with Gasteiger partial charge in [-0.15, -0.1) is 0 Å². The topological polar surface area (TPSA) is 9.23 Å². The highest BCUT2D eigenvalue weighted by Crippen LogP contribution is 2.40. The second kappa shape index (κ2) is 6.41. The van der Waals surface area contributed by atoms with Gasteiger partial charge in [0.1, 0.15) is 0 Å². The summed E-state index contributed by atoms with van der Waals surface area (Å²) in [4.78, 5) is 0. The third kappa shape index (κ3) is 3.10. The van der Waals surface area contributed by atoms with Gasteiger partial charge in [-0.2, -0.15) is 0 Å². The highest BCUT2D eigenvalue weighted by molar-refractivity contribution is 4.84. The van der Waals surface area contributed by atoms with E-state index in [4.69, 9.17) is 4.74 Å². The van der Waals surface area contributed by atoms with Crippen molar-refractivity contribution < 1.29 is 4.74 Å². The minimum atomic E-state index is 0.631. The van der Waals surface area contributed by atoms with Gasteiger partial charge >= 0.3 is 0 Å². The van der Waals surface area contributed by atoms with Crippen molar-refractivity contribution in [3.05, 3.63) is 0 Å². The summed E-state index contributed by atoms with van der Waals surface area (Å²) in [6.07, 6.45) is 18.2. The van der Waals surface area contributed by atoms with Crippen LogP contribution in [-0.2, 0) is 4.74 Å². The van der Waals surface area contributed by atoms with Crippen LogP contribution in [0.5, 0.6) is 0 Å². The highest BCUT2D eigenvalue weighted by atomic mass is 16.5. The molecule has 0 spiro atoms. The average molecular weight is 250 g/mol. The molecule has 2 aliphatic carbocycles. The Balaban J connectivity index is 1.53. The van der Waals surface area contributed by atoms with Crippen LogP contribution < -0.4 is 0 Å². The van der Waals surface area contributed by atoms with E-state index >= 15 is 0 Å². The molecule has 2 unspecified atom stereocenters. The Morgan fingerprint density at radius 2 is 1.17 bits per heavy atom. The summed E-state index contributed by atoms with van der Waals surface area (Å²) >= 11 is 0. The Kier molecular flexibility index (Phi) is 4.62. The predicted octanol–water partition coefficient (Wildman–Crippen LogP) is 4.94. The quantitative estimate of drug-likeness (QED) is 0.674. The van der Waals surface area contributed by atoms with Crippen LogP contribution in [0.1, 0.15) is 77.0 Å². The summed E-state index contributed by atoms with van der Waals surface area (Å²) in [5.41, 5.74) is 0. The van der Waals surface area contributed by atoms with Gasteiger partial charge in [-0.3, -0.25) is 0 Å². The summed E-state index contributed by atoms with van der Waals surface area (Å²) in [6.45, 7) is 1.06. The molecule has 0 aromatic heterocycles. The number of hydrogen-bond acceptors (Lipinski definition) is 1. The molecule has 0 aromatic rings. The van der Waals surface area contributed by atoms with Crippen molar-refractivity contribution in [1.29, 1.82) is 0 Å². The lowest BCUT2D eigenvalue weighted by Gasteiger charge is -2.40. The summed E-state index contributed by atoms with van der Waals surface area (Å²) in [5.74, 6) is 2.96. The van der Waals surface area contributed by atoms with Gasteiger partial charge < -0.3 is 4.74 Å². The van der Waals surface area contributed by atoms with Crippen LogP contribution in [0.4, 0.5) is 0 Å². The molecule has 1 aliphatic heterocycles. The van der Waals surface area contributed by atoms with Crippen molar-refractivity contribution in [1.82, 2.24) is 0 Å². The molecule has 2 saturated carbocycles. The highest BCUT2D eigenvalue weighted by Gasteiger charge is 2.33. The van der Waals surface area contributed by atoms with Crippen LogP contribution in [0.15, 0.2) is 0 Å². The molecule has 2 atom stereocenters. The Morgan fingerprint density at radius 1 is 0.556 bits per heavy atom. The van der Waals surface area contributed by atoms with Gasteiger partial charge in [0.05, 0.1) is 6.10 Å². The molecule has 0 amide bonds. The predicted molar refractivity (Wildman–Crippen MR) is 75.6 cm³/mol. The first-order valence-electron chi connectivity index (χ1n) is 8.55. The molecule has 0 aromatic carbocycles. The van der Waals surface area contributed by atoms with Crippen molar-refractivity contribution in [2.75, 3.05) is 6.61 Å². The minimum absolute atomic E-state index is 0.631. The van der Waals surface area contributed by atoms with Crippen LogP contribution in [0.3, 0.4) is 0 Å². The van der Waals surface area contributed by atoms with Gasteiger partial charge in [0, 0.05) is 6.61 Å². The van der Waals surface area contributed by atoms with Gasteiger partial charge in [0.15, 0.2) is 0 Å². The SMILES string of the molecule is C1CCC(C2CCOC(C3CCCCC3)C2)CC1. The molecule has 3 rings (SSSR count). The first-order chi connectivity index (χ1) is 8.93. The zero-order chi connectivity index (χ0) is 12.2.